The van der Waals surface area contributed by atoms with Gasteiger partial charge in [-0.15, -0.1) is 6.42 Å². The normalized spacial score (nSPS) is 17.8. The fourth-order valence-corrected chi connectivity index (χ4v) is 5.61. The molecule has 1 saturated heterocycles. The molecule has 2 aliphatic rings. The number of rotatable bonds is 5. The molecule has 1 N–H and O–H groups in total. The number of urea groups is 1. The fraction of sp³-hybridized carbons (Fsp3) is 0.241. The summed E-state index contributed by atoms with van der Waals surface area (Å²) in [5.74, 6) is 1.93. The second-order valence-corrected chi connectivity index (χ2v) is 9.84. The van der Waals surface area contributed by atoms with E-state index in [9.17, 15) is 14.4 Å². The van der Waals surface area contributed by atoms with E-state index in [1.807, 2.05) is 18.2 Å². The smallest absolute Gasteiger partial charge is 0.404 e. The summed E-state index contributed by atoms with van der Waals surface area (Å²) in [5, 5.41) is 9.37. The Bertz CT molecular complexity index is 1470. The molecule has 4 amide bonds. The molecule has 10 nitrogen and oxygen atoms in total. The van der Waals surface area contributed by atoms with E-state index in [0.29, 0.717) is 35.0 Å². The van der Waals surface area contributed by atoms with Crippen LogP contribution in [0.15, 0.2) is 71.1 Å². The number of fused-ring (bicyclic) bond motifs is 1. The number of amidine groups is 1. The number of nitrogens with one attached hydrogen (secondary N) is 1. The number of hydrogen-bond donors (Lipinski definition) is 1. The Morgan fingerprint density at radius 1 is 1.12 bits per heavy atom. The van der Waals surface area contributed by atoms with E-state index in [4.69, 9.17) is 15.9 Å². The minimum absolute atomic E-state index is 0.0913. The average molecular weight is 559 g/mol. The lowest BCUT2D eigenvalue weighted by molar-refractivity contribution is 0.0975. The molecule has 0 saturated carbocycles. The number of morpholine rings is 1. The number of benzene rings is 2. The van der Waals surface area contributed by atoms with E-state index in [1.54, 1.807) is 54.8 Å². The number of thiophene rings is 1. The van der Waals surface area contributed by atoms with Crippen LogP contribution in [0.2, 0.25) is 0 Å². The molecule has 2 aliphatic heterocycles. The molecule has 1 fully saturated rings. The standard InChI is InChI=1S/C29H27N5O5S/c1-3-17-39-29(37)34(28(36)33(4-2)23-8-6-5-7-9-23)27-24(14-20-40-27)25(31-34)30-26(35)21-10-12-22(13-11-21)32-15-18-38-19-16-32/h1,5-14,20H,4,15-19H2,2H3/p+1. The number of nitrogens with zero attached hydrogens (tertiary/aromatic N) is 4. The minimum atomic E-state index is -1.14. The zero-order valence-electron chi connectivity index (χ0n) is 21.9. The highest BCUT2D eigenvalue weighted by Crippen LogP contribution is 2.42. The molecule has 1 unspecified atom stereocenters. The Morgan fingerprint density at radius 3 is 2.52 bits per heavy atom. The maximum Gasteiger partial charge on any atom is 0.560 e. The number of terminal acetylenes is 1. The molecule has 11 heteroatoms. The molecule has 5 rings (SSSR count). The second-order valence-electron chi connectivity index (χ2n) is 8.94. The van der Waals surface area contributed by atoms with Crippen LogP contribution in [0.5, 0.6) is 0 Å². The van der Waals surface area contributed by atoms with Gasteiger partial charge in [-0.1, -0.05) is 35.5 Å². The van der Waals surface area contributed by atoms with Crippen LogP contribution in [0.1, 0.15) is 22.8 Å². The summed E-state index contributed by atoms with van der Waals surface area (Å²) < 4.78 is 9.56. The largest absolute Gasteiger partial charge is 0.560 e. The number of carbonyl (C=O) groups excluding carboxylic acids is 3. The Labute approximate surface area is 236 Å². The molecule has 3 aromatic rings. The van der Waals surface area contributed by atoms with Crippen LogP contribution in [-0.2, 0) is 9.47 Å². The first-order valence-corrected chi connectivity index (χ1v) is 13.7. The Balaban J connectivity index is 1.48. The Hall–Kier alpha value is -4.50. The van der Waals surface area contributed by atoms with Crippen molar-refractivity contribution in [2.24, 2.45) is 5.10 Å². The van der Waals surface area contributed by atoms with Gasteiger partial charge in [-0.05, 0) is 59.9 Å². The van der Waals surface area contributed by atoms with Gasteiger partial charge in [0.05, 0.1) is 18.8 Å². The number of ether oxygens (including phenoxy) is 2. The molecule has 2 aromatic carbocycles. The van der Waals surface area contributed by atoms with E-state index >= 15 is 0 Å². The van der Waals surface area contributed by atoms with Crippen molar-refractivity contribution in [3.63, 3.8) is 0 Å². The van der Waals surface area contributed by atoms with Crippen LogP contribution in [0.3, 0.4) is 0 Å². The third-order valence-electron chi connectivity index (χ3n) is 6.62. The maximum absolute atomic E-state index is 14.2. The van der Waals surface area contributed by atoms with Crippen LogP contribution in [0, 0.1) is 12.3 Å². The molecule has 0 spiro atoms. The molecular formula is C29H28N5O5S+. The molecule has 0 bridgehead atoms. The van der Waals surface area contributed by atoms with Crippen LogP contribution in [-0.4, -0.2) is 63.3 Å². The van der Waals surface area contributed by atoms with Crippen molar-refractivity contribution in [2.45, 2.75) is 6.92 Å². The van der Waals surface area contributed by atoms with Crippen molar-refractivity contribution in [3.8, 4) is 12.3 Å². The van der Waals surface area contributed by atoms with Crippen molar-refractivity contribution >= 4 is 51.6 Å². The van der Waals surface area contributed by atoms with E-state index in [1.165, 1.54) is 16.2 Å². The molecule has 1 atom stereocenters. The van der Waals surface area contributed by atoms with E-state index < -0.39 is 22.6 Å². The molecule has 3 heterocycles. The lowest BCUT2D eigenvalue weighted by atomic mass is 10.1. The van der Waals surface area contributed by atoms with Gasteiger partial charge < -0.3 is 19.7 Å². The topological polar surface area (TPSA) is 101 Å². The van der Waals surface area contributed by atoms with Crippen molar-refractivity contribution in [1.82, 2.24) is 9.91 Å². The zero-order chi connectivity index (χ0) is 28.1. The van der Waals surface area contributed by atoms with Crippen LogP contribution < -0.4 is 19.7 Å². The molecule has 40 heavy (non-hydrogen) atoms. The summed E-state index contributed by atoms with van der Waals surface area (Å²) in [6.45, 7) is 4.61. The van der Waals surface area contributed by atoms with Gasteiger partial charge in [0, 0.05) is 41.2 Å². The second kappa shape index (κ2) is 11.7. The summed E-state index contributed by atoms with van der Waals surface area (Å²) in [6, 6.07) is 17.2. The van der Waals surface area contributed by atoms with Crippen LogP contribution in [0.25, 0.3) is 0 Å². The van der Waals surface area contributed by atoms with Crippen LogP contribution in [0.4, 0.5) is 26.0 Å². The summed E-state index contributed by atoms with van der Waals surface area (Å²) in [5.41, 5.74) is 2.44. The van der Waals surface area contributed by atoms with Crippen molar-refractivity contribution < 1.29 is 23.9 Å². The number of amides is 4. The molecule has 0 aliphatic carbocycles. The first-order valence-electron chi connectivity index (χ1n) is 12.8. The number of carbonyl (C=O) groups is 3. The third kappa shape index (κ3) is 4.96. The van der Waals surface area contributed by atoms with Gasteiger partial charge in [0.2, 0.25) is 10.8 Å². The third-order valence-corrected chi connectivity index (χ3v) is 7.60. The van der Waals surface area contributed by atoms with Gasteiger partial charge in [-0.25, -0.2) is 4.79 Å². The van der Waals surface area contributed by atoms with E-state index in [2.05, 4.69) is 21.2 Å². The maximum atomic E-state index is 14.2. The monoisotopic (exact) mass is 558 g/mol. The molecule has 204 valence electrons. The van der Waals surface area contributed by atoms with Gasteiger partial charge in [-0.2, -0.15) is 4.79 Å². The van der Waals surface area contributed by atoms with Crippen molar-refractivity contribution in [3.05, 3.63) is 77.2 Å². The van der Waals surface area contributed by atoms with E-state index in [-0.39, 0.29) is 19.0 Å². The highest BCUT2D eigenvalue weighted by atomic mass is 32.1. The van der Waals surface area contributed by atoms with Gasteiger partial charge in [0.15, 0.2) is 6.61 Å². The van der Waals surface area contributed by atoms with Crippen molar-refractivity contribution in [1.29, 1.82) is 0 Å². The molecular weight excluding hydrogens is 530 g/mol. The highest BCUT2D eigenvalue weighted by Gasteiger charge is 2.60. The number of hydrogen-bond acceptors (Lipinski definition) is 8. The average Bonchev–Trinajstić information content (AvgIpc) is 3.60. The summed E-state index contributed by atoms with van der Waals surface area (Å²) in [6.07, 6.45) is 4.38. The molecule has 0 radical (unpaired) electrons. The van der Waals surface area contributed by atoms with Crippen molar-refractivity contribution in [2.75, 3.05) is 49.3 Å². The lowest BCUT2D eigenvalue weighted by Crippen LogP contribution is -2.59. The van der Waals surface area contributed by atoms with E-state index in [0.717, 1.165) is 18.8 Å². The summed E-state index contributed by atoms with van der Waals surface area (Å²) in [4.78, 5) is 44.6. The van der Waals surface area contributed by atoms with Gasteiger partial charge in [0.25, 0.3) is 5.91 Å². The van der Waals surface area contributed by atoms with Gasteiger partial charge in [0.1, 0.15) is 0 Å². The predicted octanol–water partition coefficient (Wildman–Crippen LogP) is 4.41. The highest BCUT2D eigenvalue weighted by molar-refractivity contribution is 7.14. The SMILES string of the molecule is C#CCOC(=O)[N+]1(C(=O)N(CC)c2ccccc2)N=C(NC(=O)c2ccc(N3CCOCC3)cc2)c2ccsc21. The predicted molar refractivity (Wildman–Crippen MR) is 155 cm³/mol. The minimum Gasteiger partial charge on any atom is -0.404 e. The Morgan fingerprint density at radius 2 is 1.85 bits per heavy atom. The number of para-hydroxylation sites is 1. The number of imide groups is 1. The Kier molecular flexibility index (Phi) is 7.93. The molecule has 1 aromatic heterocycles. The number of quaternary nitrogens is 1. The van der Waals surface area contributed by atoms with Gasteiger partial charge in [-0.3, -0.25) is 9.69 Å². The summed E-state index contributed by atoms with van der Waals surface area (Å²) in [7, 11) is 0. The first kappa shape index (κ1) is 27.1. The van der Waals surface area contributed by atoms with Gasteiger partial charge >= 0.3 is 12.1 Å². The fourth-order valence-electron chi connectivity index (χ4n) is 4.64. The zero-order valence-corrected chi connectivity index (χ0v) is 22.7. The number of anilines is 2. The first-order chi connectivity index (χ1) is 19.5. The van der Waals surface area contributed by atoms with Crippen LogP contribution >= 0.6 is 11.3 Å². The quantitative estimate of drug-likeness (QED) is 0.368. The summed E-state index contributed by atoms with van der Waals surface area (Å²) >= 11 is 1.17. The lowest BCUT2D eigenvalue weighted by Gasteiger charge is -2.28.